The van der Waals surface area contributed by atoms with Crippen LogP contribution in [0, 0.1) is 6.92 Å². The Bertz CT molecular complexity index is 626. The molecule has 0 aliphatic carbocycles. The van der Waals surface area contributed by atoms with Crippen LogP contribution in [0.15, 0.2) is 42.5 Å². The van der Waals surface area contributed by atoms with Crippen LogP contribution in [-0.4, -0.2) is 12.1 Å². The highest BCUT2D eigenvalue weighted by molar-refractivity contribution is 7.80. The van der Waals surface area contributed by atoms with Crippen molar-refractivity contribution in [3.8, 4) is 11.5 Å². The third-order valence-electron chi connectivity index (χ3n) is 3.00. The zero-order valence-electron chi connectivity index (χ0n) is 11.6. The minimum Gasteiger partial charge on any atom is -0.497 e. The molecule has 0 spiro atoms. The first-order valence-corrected chi connectivity index (χ1v) is 6.67. The fourth-order valence-electron chi connectivity index (χ4n) is 1.83. The molecule has 0 unspecified atom stereocenters. The quantitative estimate of drug-likeness (QED) is 0.858. The van der Waals surface area contributed by atoms with Gasteiger partial charge in [0.2, 0.25) is 0 Å². The van der Waals surface area contributed by atoms with Gasteiger partial charge in [-0.25, -0.2) is 0 Å². The third kappa shape index (κ3) is 3.48. The normalized spacial score (nSPS) is 10.1. The van der Waals surface area contributed by atoms with Crippen LogP contribution in [0.2, 0.25) is 0 Å². The summed E-state index contributed by atoms with van der Waals surface area (Å²) >= 11 is 4.98. The zero-order valence-corrected chi connectivity index (χ0v) is 12.4. The molecule has 0 bridgehead atoms. The Morgan fingerprint density at radius 2 is 2.00 bits per heavy atom. The molecule has 2 aromatic carbocycles. The van der Waals surface area contributed by atoms with E-state index in [1.807, 2.05) is 49.4 Å². The van der Waals surface area contributed by atoms with Gasteiger partial charge in [-0.05, 0) is 36.2 Å². The van der Waals surface area contributed by atoms with E-state index in [0.717, 1.165) is 28.2 Å². The zero-order chi connectivity index (χ0) is 14.5. The second kappa shape index (κ2) is 6.39. The topological polar surface area (TPSA) is 44.5 Å². The Labute approximate surface area is 124 Å². The summed E-state index contributed by atoms with van der Waals surface area (Å²) in [7, 11) is 1.65. The highest BCUT2D eigenvalue weighted by Crippen LogP contribution is 2.21. The Balaban J connectivity index is 2.13. The summed E-state index contributed by atoms with van der Waals surface area (Å²) in [4.78, 5) is 0.372. The standard InChI is InChI=1S/C16H17NO2S/c1-11-6-7-13(16(17)20)9-15(11)19-10-12-4-3-5-14(8-12)18-2/h3-9H,10H2,1-2H3,(H2,17,20). The smallest absolute Gasteiger partial charge is 0.123 e. The van der Waals surface area contributed by atoms with Crippen molar-refractivity contribution in [2.24, 2.45) is 5.73 Å². The Hall–Kier alpha value is -2.07. The van der Waals surface area contributed by atoms with Gasteiger partial charge in [0, 0.05) is 5.56 Å². The molecule has 0 saturated heterocycles. The van der Waals surface area contributed by atoms with Crippen molar-refractivity contribution in [2.45, 2.75) is 13.5 Å². The van der Waals surface area contributed by atoms with Crippen LogP contribution in [-0.2, 0) is 6.61 Å². The van der Waals surface area contributed by atoms with Gasteiger partial charge in [-0.2, -0.15) is 0 Å². The summed E-state index contributed by atoms with van der Waals surface area (Å²) in [6.07, 6.45) is 0. The Morgan fingerprint density at radius 1 is 1.20 bits per heavy atom. The molecule has 0 radical (unpaired) electrons. The SMILES string of the molecule is COc1cccc(COc2cc(C(N)=S)ccc2C)c1. The van der Waals surface area contributed by atoms with Gasteiger partial charge < -0.3 is 15.2 Å². The van der Waals surface area contributed by atoms with E-state index in [9.17, 15) is 0 Å². The first-order valence-electron chi connectivity index (χ1n) is 6.26. The fraction of sp³-hybridized carbons (Fsp3) is 0.188. The van der Waals surface area contributed by atoms with Crippen LogP contribution < -0.4 is 15.2 Å². The molecule has 0 heterocycles. The number of methoxy groups -OCH3 is 1. The van der Waals surface area contributed by atoms with E-state index in [1.165, 1.54) is 0 Å². The number of hydrogen-bond acceptors (Lipinski definition) is 3. The number of aryl methyl sites for hydroxylation is 1. The van der Waals surface area contributed by atoms with Crippen molar-refractivity contribution in [2.75, 3.05) is 7.11 Å². The van der Waals surface area contributed by atoms with Crippen molar-refractivity contribution < 1.29 is 9.47 Å². The van der Waals surface area contributed by atoms with E-state index in [-0.39, 0.29) is 0 Å². The number of nitrogens with two attached hydrogens (primary N) is 1. The summed E-state index contributed by atoms with van der Waals surface area (Å²) in [5, 5.41) is 0. The van der Waals surface area contributed by atoms with Gasteiger partial charge in [0.1, 0.15) is 23.1 Å². The van der Waals surface area contributed by atoms with Crippen molar-refractivity contribution in [1.29, 1.82) is 0 Å². The van der Waals surface area contributed by atoms with E-state index in [2.05, 4.69) is 0 Å². The van der Waals surface area contributed by atoms with Crippen LogP contribution in [0.4, 0.5) is 0 Å². The molecule has 3 nitrogen and oxygen atoms in total. The van der Waals surface area contributed by atoms with E-state index < -0.39 is 0 Å². The molecule has 104 valence electrons. The Morgan fingerprint density at radius 3 is 2.70 bits per heavy atom. The van der Waals surface area contributed by atoms with Gasteiger partial charge in [-0.15, -0.1) is 0 Å². The second-order valence-electron chi connectivity index (χ2n) is 4.48. The van der Waals surface area contributed by atoms with Gasteiger partial charge in [0.25, 0.3) is 0 Å². The molecule has 20 heavy (non-hydrogen) atoms. The van der Waals surface area contributed by atoms with Crippen LogP contribution >= 0.6 is 12.2 Å². The average molecular weight is 287 g/mol. The molecule has 2 N–H and O–H groups in total. The molecular weight excluding hydrogens is 270 g/mol. The predicted octanol–water partition coefficient (Wildman–Crippen LogP) is 3.22. The molecule has 4 heteroatoms. The Kier molecular flexibility index (Phi) is 4.58. The lowest BCUT2D eigenvalue weighted by molar-refractivity contribution is 0.303. The molecule has 2 rings (SSSR count). The second-order valence-corrected chi connectivity index (χ2v) is 4.92. The highest BCUT2D eigenvalue weighted by Gasteiger charge is 2.04. The molecule has 0 amide bonds. The summed E-state index contributed by atoms with van der Waals surface area (Å²) in [5.74, 6) is 1.61. The molecule has 0 fully saturated rings. The highest BCUT2D eigenvalue weighted by atomic mass is 32.1. The third-order valence-corrected chi connectivity index (χ3v) is 3.24. The minimum atomic E-state index is 0.372. The lowest BCUT2D eigenvalue weighted by atomic mass is 10.1. The lowest BCUT2D eigenvalue weighted by Gasteiger charge is -2.11. The maximum atomic E-state index is 5.84. The molecule has 0 atom stereocenters. The van der Waals surface area contributed by atoms with E-state index in [4.69, 9.17) is 27.4 Å². The van der Waals surface area contributed by atoms with E-state index in [0.29, 0.717) is 11.6 Å². The van der Waals surface area contributed by atoms with E-state index in [1.54, 1.807) is 7.11 Å². The molecule has 2 aromatic rings. The van der Waals surface area contributed by atoms with E-state index >= 15 is 0 Å². The summed E-state index contributed by atoms with van der Waals surface area (Å²) < 4.78 is 11.0. The molecule has 0 aromatic heterocycles. The number of rotatable bonds is 5. The van der Waals surface area contributed by atoms with Gasteiger partial charge in [0.05, 0.1) is 7.11 Å². The largest absolute Gasteiger partial charge is 0.497 e. The summed E-state index contributed by atoms with van der Waals surface area (Å²) in [6, 6.07) is 13.5. The van der Waals surface area contributed by atoms with Crippen molar-refractivity contribution in [3.05, 3.63) is 59.2 Å². The predicted molar refractivity (Wildman–Crippen MR) is 84.4 cm³/mol. The van der Waals surface area contributed by atoms with Crippen molar-refractivity contribution in [3.63, 3.8) is 0 Å². The van der Waals surface area contributed by atoms with Gasteiger partial charge in [-0.1, -0.05) is 36.5 Å². The molecule has 0 aliphatic heterocycles. The number of thiocarbonyl (C=S) groups is 1. The number of benzene rings is 2. The molecule has 0 saturated carbocycles. The average Bonchev–Trinajstić information content (AvgIpc) is 2.46. The molecule has 0 aliphatic rings. The molecular formula is C16H17NO2S. The fourth-order valence-corrected chi connectivity index (χ4v) is 1.96. The van der Waals surface area contributed by atoms with Crippen molar-refractivity contribution >= 4 is 17.2 Å². The van der Waals surface area contributed by atoms with Crippen LogP contribution in [0.1, 0.15) is 16.7 Å². The first kappa shape index (κ1) is 14.3. The minimum absolute atomic E-state index is 0.372. The number of ether oxygens (including phenoxy) is 2. The van der Waals surface area contributed by atoms with Crippen LogP contribution in [0.3, 0.4) is 0 Å². The van der Waals surface area contributed by atoms with Crippen LogP contribution in [0.5, 0.6) is 11.5 Å². The first-order chi connectivity index (χ1) is 9.60. The number of hydrogen-bond donors (Lipinski definition) is 1. The maximum Gasteiger partial charge on any atom is 0.123 e. The van der Waals surface area contributed by atoms with Gasteiger partial charge >= 0.3 is 0 Å². The van der Waals surface area contributed by atoms with Crippen LogP contribution in [0.25, 0.3) is 0 Å². The van der Waals surface area contributed by atoms with Gasteiger partial charge in [-0.3, -0.25) is 0 Å². The van der Waals surface area contributed by atoms with Crippen molar-refractivity contribution in [1.82, 2.24) is 0 Å². The lowest BCUT2D eigenvalue weighted by Crippen LogP contribution is -2.09. The maximum absolute atomic E-state index is 5.84. The van der Waals surface area contributed by atoms with Gasteiger partial charge in [0.15, 0.2) is 0 Å². The monoisotopic (exact) mass is 287 g/mol. The summed E-state index contributed by atoms with van der Waals surface area (Å²) in [6.45, 7) is 2.46. The summed E-state index contributed by atoms with van der Waals surface area (Å²) in [5.41, 5.74) is 8.54.